The van der Waals surface area contributed by atoms with Gasteiger partial charge in [-0.3, -0.25) is 4.79 Å². The molecule has 2 heteroatoms. The molecule has 23 heavy (non-hydrogen) atoms. The molecule has 0 spiro atoms. The fourth-order valence-corrected chi connectivity index (χ4v) is 2.96. The van der Waals surface area contributed by atoms with Crippen LogP contribution >= 0.6 is 0 Å². The Labute approximate surface area is 139 Å². The molecule has 122 valence electrons. The zero-order valence-electron chi connectivity index (χ0n) is 14.3. The second-order valence-electron chi connectivity index (χ2n) is 6.06. The number of anilines is 1. The molecule has 0 fully saturated rings. The fourth-order valence-electron chi connectivity index (χ4n) is 2.96. The van der Waals surface area contributed by atoms with Crippen molar-refractivity contribution in [3.05, 3.63) is 64.7 Å². The molecule has 2 aromatic rings. The van der Waals surface area contributed by atoms with Gasteiger partial charge in [0.1, 0.15) is 0 Å². The first kappa shape index (κ1) is 17.3. The lowest BCUT2D eigenvalue weighted by Gasteiger charge is -2.17. The van der Waals surface area contributed by atoms with Gasteiger partial charge in [-0.2, -0.15) is 0 Å². The summed E-state index contributed by atoms with van der Waals surface area (Å²) in [5.41, 5.74) is 11.0. The SMILES string of the molecule is CCCCc1c(N)ccc(C(=O)c2ccccc2)c1CCCC. The van der Waals surface area contributed by atoms with Crippen LogP contribution in [-0.4, -0.2) is 5.78 Å². The molecule has 0 amide bonds. The van der Waals surface area contributed by atoms with E-state index in [1.54, 1.807) is 0 Å². The molecule has 2 aromatic carbocycles. The highest BCUT2D eigenvalue weighted by Crippen LogP contribution is 2.27. The van der Waals surface area contributed by atoms with Gasteiger partial charge in [0.05, 0.1) is 0 Å². The summed E-state index contributed by atoms with van der Waals surface area (Å²) in [5.74, 6) is 0.106. The van der Waals surface area contributed by atoms with Crippen molar-refractivity contribution < 1.29 is 4.79 Å². The molecule has 0 saturated carbocycles. The van der Waals surface area contributed by atoms with Crippen LogP contribution in [0.15, 0.2) is 42.5 Å². The Balaban J connectivity index is 2.46. The molecule has 0 atom stereocenters. The number of nitrogen functional groups attached to an aromatic ring is 1. The van der Waals surface area contributed by atoms with E-state index in [9.17, 15) is 4.79 Å². The highest BCUT2D eigenvalue weighted by Gasteiger charge is 2.17. The number of ketones is 1. The van der Waals surface area contributed by atoms with Crippen LogP contribution in [0.5, 0.6) is 0 Å². The maximum atomic E-state index is 12.9. The quantitative estimate of drug-likeness (QED) is 0.539. The Kier molecular flexibility index (Phi) is 6.40. The Morgan fingerprint density at radius 2 is 1.48 bits per heavy atom. The summed E-state index contributed by atoms with van der Waals surface area (Å²) in [4.78, 5) is 12.9. The van der Waals surface area contributed by atoms with Crippen LogP contribution in [0.3, 0.4) is 0 Å². The number of rotatable bonds is 8. The van der Waals surface area contributed by atoms with E-state index < -0.39 is 0 Å². The number of nitrogens with two attached hydrogens (primary N) is 1. The third-order valence-electron chi connectivity index (χ3n) is 4.31. The summed E-state index contributed by atoms with van der Waals surface area (Å²) in [7, 11) is 0. The van der Waals surface area contributed by atoms with Gasteiger partial charge in [0.2, 0.25) is 0 Å². The number of hydrogen-bond acceptors (Lipinski definition) is 2. The lowest BCUT2D eigenvalue weighted by molar-refractivity contribution is 0.103. The summed E-state index contributed by atoms with van der Waals surface area (Å²) < 4.78 is 0. The summed E-state index contributed by atoms with van der Waals surface area (Å²) in [6.07, 6.45) is 6.31. The Morgan fingerprint density at radius 3 is 2.09 bits per heavy atom. The summed E-state index contributed by atoms with van der Waals surface area (Å²) >= 11 is 0. The molecular weight excluding hydrogens is 282 g/mol. The van der Waals surface area contributed by atoms with E-state index in [1.807, 2.05) is 42.5 Å². The van der Waals surface area contributed by atoms with E-state index in [2.05, 4.69) is 13.8 Å². The number of carbonyl (C=O) groups excluding carboxylic acids is 1. The third-order valence-corrected chi connectivity index (χ3v) is 4.31. The van der Waals surface area contributed by atoms with E-state index in [0.29, 0.717) is 0 Å². The van der Waals surface area contributed by atoms with Crippen LogP contribution in [-0.2, 0) is 12.8 Å². The molecule has 0 bridgehead atoms. The average molecular weight is 309 g/mol. The standard InChI is InChI=1S/C21H27NO/c1-3-5-12-17-18(13-6-4-2)20(22)15-14-19(17)21(23)16-10-8-7-9-11-16/h7-11,14-15H,3-6,12-13,22H2,1-2H3. The van der Waals surface area contributed by atoms with Gasteiger partial charge in [-0.1, -0.05) is 57.0 Å². The first-order chi connectivity index (χ1) is 11.2. The van der Waals surface area contributed by atoms with Crippen molar-refractivity contribution in [1.82, 2.24) is 0 Å². The average Bonchev–Trinajstić information content (AvgIpc) is 2.59. The molecule has 0 unspecified atom stereocenters. The zero-order chi connectivity index (χ0) is 16.7. The zero-order valence-corrected chi connectivity index (χ0v) is 14.3. The van der Waals surface area contributed by atoms with E-state index in [-0.39, 0.29) is 5.78 Å². The fraction of sp³-hybridized carbons (Fsp3) is 0.381. The van der Waals surface area contributed by atoms with Crippen molar-refractivity contribution in [2.45, 2.75) is 52.4 Å². The first-order valence-electron chi connectivity index (χ1n) is 8.69. The minimum atomic E-state index is 0.106. The van der Waals surface area contributed by atoms with Crippen molar-refractivity contribution >= 4 is 11.5 Å². The maximum absolute atomic E-state index is 12.9. The van der Waals surface area contributed by atoms with Gasteiger partial charge in [0, 0.05) is 16.8 Å². The highest BCUT2D eigenvalue weighted by atomic mass is 16.1. The predicted molar refractivity (Wildman–Crippen MR) is 98.0 cm³/mol. The molecule has 0 aromatic heterocycles. The molecule has 2 N–H and O–H groups in total. The Bertz CT molecular complexity index is 646. The van der Waals surface area contributed by atoms with E-state index in [1.165, 1.54) is 5.56 Å². The summed E-state index contributed by atoms with van der Waals surface area (Å²) in [6, 6.07) is 13.3. The Morgan fingerprint density at radius 1 is 0.870 bits per heavy atom. The monoisotopic (exact) mass is 309 g/mol. The van der Waals surface area contributed by atoms with E-state index in [4.69, 9.17) is 5.73 Å². The molecule has 0 aliphatic heterocycles. The normalized spacial score (nSPS) is 10.7. The van der Waals surface area contributed by atoms with Gasteiger partial charge in [-0.25, -0.2) is 0 Å². The van der Waals surface area contributed by atoms with Crippen molar-refractivity contribution in [3.63, 3.8) is 0 Å². The second kappa shape index (κ2) is 8.52. The lowest BCUT2D eigenvalue weighted by atomic mass is 9.88. The van der Waals surface area contributed by atoms with Crippen LogP contribution in [0.2, 0.25) is 0 Å². The molecule has 0 radical (unpaired) electrons. The van der Waals surface area contributed by atoms with Gasteiger partial charge >= 0.3 is 0 Å². The maximum Gasteiger partial charge on any atom is 0.193 e. The second-order valence-corrected chi connectivity index (χ2v) is 6.06. The lowest BCUT2D eigenvalue weighted by Crippen LogP contribution is -2.10. The molecule has 0 saturated heterocycles. The topological polar surface area (TPSA) is 43.1 Å². The number of unbranched alkanes of at least 4 members (excludes halogenated alkanes) is 2. The Hall–Kier alpha value is -2.09. The number of benzene rings is 2. The van der Waals surface area contributed by atoms with Crippen LogP contribution in [0.1, 0.15) is 66.6 Å². The van der Waals surface area contributed by atoms with Crippen molar-refractivity contribution in [2.24, 2.45) is 0 Å². The highest BCUT2D eigenvalue weighted by molar-refractivity contribution is 6.10. The van der Waals surface area contributed by atoms with Gasteiger partial charge in [0.15, 0.2) is 5.78 Å². The van der Waals surface area contributed by atoms with Crippen LogP contribution < -0.4 is 5.73 Å². The number of hydrogen-bond donors (Lipinski definition) is 1. The van der Waals surface area contributed by atoms with Gasteiger partial charge in [0.25, 0.3) is 0 Å². The van der Waals surface area contributed by atoms with Crippen molar-refractivity contribution in [2.75, 3.05) is 5.73 Å². The summed E-state index contributed by atoms with van der Waals surface area (Å²) in [6.45, 7) is 4.36. The van der Waals surface area contributed by atoms with E-state index in [0.717, 1.165) is 60.9 Å². The van der Waals surface area contributed by atoms with Crippen LogP contribution in [0.4, 0.5) is 5.69 Å². The predicted octanol–water partition coefficient (Wildman–Crippen LogP) is 5.19. The van der Waals surface area contributed by atoms with Gasteiger partial charge in [-0.05, 0) is 48.9 Å². The smallest absolute Gasteiger partial charge is 0.193 e. The van der Waals surface area contributed by atoms with Crippen LogP contribution in [0, 0.1) is 0 Å². The van der Waals surface area contributed by atoms with E-state index >= 15 is 0 Å². The molecule has 0 aliphatic carbocycles. The molecule has 0 heterocycles. The van der Waals surface area contributed by atoms with Crippen molar-refractivity contribution in [3.8, 4) is 0 Å². The van der Waals surface area contributed by atoms with Gasteiger partial charge in [-0.15, -0.1) is 0 Å². The summed E-state index contributed by atoms with van der Waals surface area (Å²) in [5, 5.41) is 0. The van der Waals surface area contributed by atoms with Gasteiger partial charge < -0.3 is 5.73 Å². The minimum Gasteiger partial charge on any atom is -0.398 e. The third kappa shape index (κ3) is 4.22. The minimum absolute atomic E-state index is 0.106. The molecule has 0 aliphatic rings. The number of carbonyl (C=O) groups is 1. The molecule has 2 rings (SSSR count). The van der Waals surface area contributed by atoms with Crippen molar-refractivity contribution in [1.29, 1.82) is 0 Å². The van der Waals surface area contributed by atoms with Crippen LogP contribution in [0.25, 0.3) is 0 Å². The molecule has 2 nitrogen and oxygen atoms in total. The largest absolute Gasteiger partial charge is 0.398 e. The first-order valence-corrected chi connectivity index (χ1v) is 8.69. The molecular formula is C21H27NO.